The van der Waals surface area contributed by atoms with Crippen LogP contribution in [0.5, 0.6) is 5.75 Å². The molecule has 0 heterocycles. The summed E-state index contributed by atoms with van der Waals surface area (Å²) >= 11 is 0. The first-order chi connectivity index (χ1) is 17.2. The van der Waals surface area contributed by atoms with Crippen LogP contribution in [-0.4, -0.2) is 44.5 Å². The number of hydrogen-bond donors (Lipinski definition) is 3. The summed E-state index contributed by atoms with van der Waals surface area (Å²) in [6.07, 6.45) is -1.75. The fourth-order valence-corrected chi connectivity index (χ4v) is 4.77. The molecule has 0 aliphatic rings. The van der Waals surface area contributed by atoms with Crippen molar-refractivity contribution in [1.29, 1.82) is 0 Å². The Balaban J connectivity index is 2.03. The molecule has 0 saturated heterocycles. The van der Waals surface area contributed by atoms with Crippen molar-refractivity contribution in [3.63, 3.8) is 0 Å². The van der Waals surface area contributed by atoms with Crippen molar-refractivity contribution in [2.75, 3.05) is 0 Å². The molecule has 3 aromatic rings. The number of carbonyl (C=O) groups excluding carboxylic acids is 1. The van der Waals surface area contributed by atoms with Gasteiger partial charge in [0.15, 0.2) is 12.3 Å². The largest absolute Gasteiger partial charge is 0.508 e. The van der Waals surface area contributed by atoms with E-state index in [1.807, 2.05) is 64.1 Å². The maximum atomic E-state index is 13.1. The molecule has 192 valence electrons. The molecule has 0 spiro atoms. The summed E-state index contributed by atoms with van der Waals surface area (Å²) in [5.41, 5.74) is 2.74. The number of esters is 1. The first-order valence-corrected chi connectivity index (χ1v) is 12.4. The molecule has 3 N–H and O–H groups in total. The van der Waals surface area contributed by atoms with E-state index in [1.54, 1.807) is 42.5 Å². The molecule has 3 aromatic carbocycles. The molecular formula is C30H37NO5. The number of hydrogen-bond acceptors (Lipinski definition) is 6. The minimum atomic E-state index is -1.41. The average Bonchev–Trinajstić information content (AvgIpc) is 2.87. The topological polar surface area (TPSA) is 90.2 Å². The minimum Gasteiger partial charge on any atom is -0.508 e. The van der Waals surface area contributed by atoms with E-state index in [-0.39, 0.29) is 30.4 Å². The first-order valence-electron chi connectivity index (χ1n) is 12.4. The van der Waals surface area contributed by atoms with Gasteiger partial charge in [0, 0.05) is 30.0 Å². The van der Waals surface area contributed by atoms with Crippen LogP contribution >= 0.6 is 0 Å². The number of carbonyl (C=O) groups is 1. The number of aliphatic hydroxyl groups is 2. The van der Waals surface area contributed by atoms with Gasteiger partial charge in [0.05, 0.1) is 6.61 Å². The van der Waals surface area contributed by atoms with Crippen molar-refractivity contribution in [2.45, 2.75) is 71.1 Å². The molecule has 3 rings (SSSR count). The first kappa shape index (κ1) is 27.4. The highest BCUT2D eigenvalue weighted by molar-refractivity contribution is 5.76. The fourth-order valence-electron chi connectivity index (χ4n) is 4.77. The van der Waals surface area contributed by atoms with Crippen molar-refractivity contribution >= 4 is 5.97 Å². The second-order valence-electron chi connectivity index (χ2n) is 9.59. The maximum absolute atomic E-state index is 13.1. The van der Waals surface area contributed by atoms with E-state index in [9.17, 15) is 20.1 Å². The summed E-state index contributed by atoms with van der Waals surface area (Å²) in [6, 6.07) is 23.6. The van der Waals surface area contributed by atoms with Crippen LogP contribution in [0, 0.1) is 0 Å². The predicted octanol–water partition coefficient (Wildman–Crippen LogP) is 5.13. The van der Waals surface area contributed by atoms with Crippen molar-refractivity contribution in [2.24, 2.45) is 0 Å². The Morgan fingerprint density at radius 3 is 1.94 bits per heavy atom. The van der Waals surface area contributed by atoms with Crippen LogP contribution in [0.3, 0.4) is 0 Å². The van der Waals surface area contributed by atoms with E-state index in [0.717, 1.165) is 5.56 Å². The Kier molecular flexibility index (Phi) is 9.65. The molecular weight excluding hydrogens is 454 g/mol. The number of benzene rings is 3. The molecule has 0 aromatic heterocycles. The number of phenolic OH excluding ortho intramolecular Hbond substituents is 1. The van der Waals surface area contributed by atoms with Crippen LogP contribution in [0.4, 0.5) is 0 Å². The Hall–Kier alpha value is -3.19. The lowest BCUT2D eigenvalue weighted by Crippen LogP contribution is -2.48. The summed E-state index contributed by atoms with van der Waals surface area (Å²) in [5.74, 6) is -0.946. The Bertz CT molecular complexity index is 1090. The molecule has 6 nitrogen and oxygen atoms in total. The predicted molar refractivity (Wildman–Crippen MR) is 140 cm³/mol. The molecule has 2 unspecified atom stereocenters. The molecule has 6 heteroatoms. The number of aliphatic hydroxyl groups excluding tert-OH is 2. The number of rotatable bonds is 11. The van der Waals surface area contributed by atoms with E-state index < -0.39 is 18.3 Å². The highest BCUT2D eigenvalue weighted by Crippen LogP contribution is 2.37. The van der Waals surface area contributed by atoms with Gasteiger partial charge < -0.3 is 20.1 Å². The van der Waals surface area contributed by atoms with Crippen LogP contribution in [0.2, 0.25) is 0 Å². The van der Waals surface area contributed by atoms with Gasteiger partial charge in [-0.1, -0.05) is 66.7 Å². The monoisotopic (exact) mass is 491 g/mol. The van der Waals surface area contributed by atoms with Gasteiger partial charge in [0.2, 0.25) is 0 Å². The highest BCUT2D eigenvalue weighted by Gasteiger charge is 2.34. The number of aromatic hydroxyl groups is 1. The Morgan fingerprint density at radius 2 is 1.42 bits per heavy atom. The quantitative estimate of drug-likeness (QED) is 0.255. The van der Waals surface area contributed by atoms with Crippen LogP contribution in [-0.2, 0) is 16.1 Å². The lowest BCUT2D eigenvalue weighted by Gasteiger charge is -2.39. The lowest BCUT2D eigenvalue weighted by atomic mass is 9.86. The Morgan fingerprint density at radius 1 is 0.861 bits per heavy atom. The zero-order chi connectivity index (χ0) is 26.2. The van der Waals surface area contributed by atoms with Gasteiger partial charge in [-0.3, -0.25) is 4.90 Å². The van der Waals surface area contributed by atoms with Crippen LogP contribution < -0.4 is 0 Å². The van der Waals surface area contributed by atoms with Gasteiger partial charge in [-0.05, 0) is 56.5 Å². The van der Waals surface area contributed by atoms with Gasteiger partial charge in [-0.15, -0.1) is 0 Å². The van der Waals surface area contributed by atoms with Gasteiger partial charge in [-0.2, -0.15) is 0 Å². The summed E-state index contributed by atoms with van der Waals surface area (Å²) in [7, 11) is 0. The third-order valence-electron chi connectivity index (χ3n) is 6.41. The standard InChI is InChI=1S/C30H37NO5/c1-20(2)31(21(3)4)28(36-30(35)29(34)24-13-9-6-10-14-24)18-25(23-11-7-5-8-12-23)26-17-22(19-32)15-16-27(26)33/h5-17,20-21,25,28-29,32-34H,18-19H2,1-4H3/t25?,28?,29-/m1/s1. The van der Waals surface area contributed by atoms with Crippen LogP contribution in [0.25, 0.3) is 0 Å². The molecule has 0 amide bonds. The molecule has 3 atom stereocenters. The SMILES string of the molecule is CC(C)N(C(C)C)C(CC(c1ccccc1)c1cc(CO)ccc1O)OC(=O)[C@H](O)c1ccccc1. The molecule has 36 heavy (non-hydrogen) atoms. The number of nitrogens with zero attached hydrogens (tertiary/aromatic N) is 1. The summed E-state index contributed by atoms with van der Waals surface area (Å²) in [6.45, 7) is 8.00. The zero-order valence-electron chi connectivity index (χ0n) is 21.4. The van der Waals surface area contributed by atoms with Crippen molar-refractivity contribution in [3.8, 4) is 5.75 Å². The summed E-state index contributed by atoms with van der Waals surface area (Å²) in [4.78, 5) is 15.2. The van der Waals surface area contributed by atoms with Crippen molar-refractivity contribution in [1.82, 2.24) is 4.90 Å². The van der Waals surface area contributed by atoms with Gasteiger partial charge in [0.1, 0.15) is 5.75 Å². The molecule has 0 aliphatic carbocycles. The average molecular weight is 492 g/mol. The molecule has 0 saturated carbocycles. The van der Waals surface area contributed by atoms with Gasteiger partial charge in [-0.25, -0.2) is 4.79 Å². The van der Waals surface area contributed by atoms with E-state index in [1.165, 1.54) is 0 Å². The third kappa shape index (κ3) is 6.72. The van der Waals surface area contributed by atoms with E-state index in [2.05, 4.69) is 4.90 Å². The molecule has 0 bridgehead atoms. The number of ether oxygens (including phenoxy) is 1. The highest BCUT2D eigenvalue weighted by atomic mass is 16.6. The van der Waals surface area contributed by atoms with E-state index >= 15 is 0 Å². The van der Waals surface area contributed by atoms with E-state index in [0.29, 0.717) is 23.1 Å². The molecule has 0 radical (unpaired) electrons. The molecule has 0 aliphatic heterocycles. The van der Waals surface area contributed by atoms with Gasteiger partial charge in [0.25, 0.3) is 0 Å². The summed E-state index contributed by atoms with van der Waals surface area (Å²) in [5, 5.41) is 31.2. The van der Waals surface area contributed by atoms with Gasteiger partial charge >= 0.3 is 5.97 Å². The zero-order valence-corrected chi connectivity index (χ0v) is 21.4. The maximum Gasteiger partial charge on any atom is 0.341 e. The lowest BCUT2D eigenvalue weighted by molar-refractivity contribution is -0.174. The van der Waals surface area contributed by atoms with Crippen molar-refractivity contribution in [3.05, 3.63) is 101 Å². The second-order valence-corrected chi connectivity index (χ2v) is 9.59. The molecule has 0 fully saturated rings. The van der Waals surface area contributed by atoms with E-state index in [4.69, 9.17) is 4.74 Å². The Labute approximate surface area is 213 Å². The fraction of sp³-hybridized carbons (Fsp3) is 0.367. The smallest absolute Gasteiger partial charge is 0.341 e. The minimum absolute atomic E-state index is 0.0467. The van der Waals surface area contributed by atoms with Crippen LogP contribution in [0.1, 0.15) is 68.4 Å². The third-order valence-corrected chi connectivity index (χ3v) is 6.41. The van der Waals surface area contributed by atoms with Crippen LogP contribution in [0.15, 0.2) is 78.9 Å². The summed E-state index contributed by atoms with van der Waals surface area (Å²) < 4.78 is 6.03. The second kappa shape index (κ2) is 12.7. The number of phenols is 1. The normalized spacial score (nSPS) is 14.1. The van der Waals surface area contributed by atoms with Crippen molar-refractivity contribution < 1.29 is 24.9 Å².